The van der Waals surface area contributed by atoms with Crippen LogP contribution in [0.25, 0.3) is 0 Å². The number of nitrogens with zero attached hydrogens (tertiary/aromatic N) is 2. The quantitative estimate of drug-likeness (QED) is 0.374. The summed E-state index contributed by atoms with van der Waals surface area (Å²) in [6.45, 7) is 0. The third-order valence-electron chi connectivity index (χ3n) is 0.856. The van der Waals surface area contributed by atoms with Crippen LogP contribution in [-0.4, -0.2) is 11.7 Å². The highest BCUT2D eigenvalue weighted by atomic mass is 16.2. The molecule has 1 heterocycles. The zero-order valence-electron chi connectivity index (χ0n) is 4.46. The predicted octanol–water partition coefficient (Wildman–Crippen LogP) is -0.201. The van der Waals surface area contributed by atoms with Crippen LogP contribution in [0.2, 0.25) is 0 Å². The van der Waals surface area contributed by atoms with E-state index >= 15 is 0 Å². The van der Waals surface area contributed by atoms with Crippen molar-refractivity contribution in [3.63, 3.8) is 0 Å². The van der Waals surface area contributed by atoms with Crippen molar-refractivity contribution in [2.24, 2.45) is 16.0 Å². The minimum absolute atomic E-state index is 0.0648. The van der Waals surface area contributed by atoms with Gasteiger partial charge in [-0.05, 0) is 0 Å². The van der Waals surface area contributed by atoms with Crippen LogP contribution in [0.15, 0.2) is 22.0 Å². The van der Waals surface area contributed by atoms with Crippen molar-refractivity contribution in [3.8, 4) is 0 Å². The summed E-state index contributed by atoms with van der Waals surface area (Å²) < 4.78 is 0. The minimum atomic E-state index is -0.539. The normalized spacial score (nSPS) is 16.0. The fraction of sp³-hybridized carbons (Fsp3) is 0. The molecular formula is C4H4N4O. The SMILES string of the molecule is N=C(N)C1=CN=NC1=O. The van der Waals surface area contributed by atoms with Crippen LogP contribution in [0.5, 0.6) is 0 Å². The van der Waals surface area contributed by atoms with Gasteiger partial charge >= 0.3 is 5.91 Å². The summed E-state index contributed by atoms with van der Waals surface area (Å²) in [4.78, 5) is 10.5. The molecule has 0 aromatic rings. The number of azo groups is 1. The molecule has 1 amide bonds. The molecule has 1 rings (SSSR count). The van der Waals surface area contributed by atoms with Crippen LogP contribution in [0, 0.1) is 5.41 Å². The number of hydrogen-bond donors (Lipinski definition) is 2. The molecule has 5 heteroatoms. The van der Waals surface area contributed by atoms with E-state index in [2.05, 4.69) is 10.2 Å². The molecule has 0 aliphatic carbocycles. The molecule has 3 N–H and O–H groups in total. The number of amidine groups is 1. The molecule has 1 aliphatic heterocycles. The van der Waals surface area contributed by atoms with Crippen molar-refractivity contribution in [2.45, 2.75) is 0 Å². The van der Waals surface area contributed by atoms with Crippen LogP contribution < -0.4 is 5.73 Å². The number of hydrogen-bond acceptors (Lipinski definition) is 3. The first-order valence-corrected chi connectivity index (χ1v) is 2.21. The van der Waals surface area contributed by atoms with E-state index in [-0.39, 0.29) is 11.4 Å². The Bertz CT molecular complexity index is 227. The van der Waals surface area contributed by atoms with Crippen molar-refractivity contribution < 1.29 is 4.79 Å². The molecule has 0 bridgehead atoms. The second kappa shape index (κ2) is 1.77. The molecule has 0 unspecified atom stereocenters. The molecule has 5 nitrogen and oxygen atoms in total. The Morgan fingerprint density at radius 2 is 2.44 bits per heavy atom. The van der Waals surface area contributed by atoms with Gasteiger partial charge < -0.3 is 5.73 Å². The maximum absolute atomic E-state index is 10.5. The van der Waals surface area contributed by atoms with Crippen LogP contribution >= 0.6 is 0 Å². The molecule has 9 heavy (non-hydrogen) atoms. The Balaban J connectivity index is 2.88. The van der Waals surface area contributed by atoms with Crippen LogP contribution in [-0.2, 0) is 4.79 Å². The summed E-state index contributed by atoms with van der Waals surface area (Å²) in [6, 6.07) is 0. The number of rotatable bonds is 1. The maximum Gasteiger partial charge on any atom is 0.300 e. The highest BCUT2D eigenvalue weighted by molar-refractivity contribution is 6.19. The Labute approximate surface area is 50.8 Å². The Hall–Kier alpha value is -1.52. The van der Waals surface area contributed by atoms with Gasteiger partial charge in [0.2, 0.25) is 0 Å². The summed E-state index contributed by atoms with van der Waals surface area (Å²) in [7, 11) is 0. The summed E-state index contributed by atoms with van der Waals surface area (Å²) >= 11 is 0. The van der Waals surface area contributed by atoms with Gasteiger partial charge in [-0.3, -0.25) is 10.2 Å². The summed E-state index contributed by atoms with van der Waals surface area (Å²) in [6.07, 6.45) is 1.17. The lowest BCUT2D eigenvalue weighted by molar-refractivity contribution is -0.114. The lowest BCUT2D eigenvalue weighted by Crippen LogP contribution is -2.16. The van der Waals surface area contributed by atoms with E-state index in [1.807, 2.05) is 0 Å². The minimum Gasteiger partial charge on any atom is -0.383 e. The molecular weight excluding hydrogens is 120 g/mol. The van der Waals surface area contributed by atoms with Gasteiger partial charge in [0.05, 0.1) is 6.20 Å². The highest BCUT2D eigenvalue weighted by Gasteiger charge is 2.14. The number of amides is 1. The largest absolute Gasteiger partial charge is 0.383 e. The van der Waals surface area contributed by atoms with Gasteiger partial charge in [0.15, 0.2) is 0 Å². The predicted molar refractivity (Wildman–Crippen MR) is 29.9 cm³/mol. The fourth-order valence-corrected chi connectivity index (χ4v) is 0.433. The van der Waals surface area contributed by atoms with Gasteiger partial charge in [-0.25, -0.2) is 0 Å². The summed E-state index contributed by atoms with van der Waals surface area (Å²) in [5.74, 6) is -0.826. The van der Waals surface area contributed by atoms with Crippen molar-refractivity contribution >= 4 is 11.7 Å². The second-order valence-corrected chi connectivity index (χ2v) is 1.48. The molecule has 0 saturated heterocycles. The Morgan fingerprint density at radius 1 is 1.78 bits per heavy atom. The Morgan fingerprint density at radius 3 is 2.67 bits per heavy atom. The van der Waals surface area contributed by atoms with Gasteiger partial charge in [-0.1, -0.05) is 0 Å². The van der Waals surface area contributed by atoms with Crippen LogP contribution in [0.3, 0.4) is 0 Å². The summed E-state index contributed by atoms with van der Waals surface area (Å²) in [5.41, 5.74) is 5.03. The molecule has 0 aromatic carbocycles. The lowest BCUT2D eigenvalue weighted by atomic mass is 10.3. The Kier molecular flexibility index (Phi) is 1.11. The fourth-order valence-electron chi connectivity index (χ4n) is 0.433. The molecule has 0 spiro atoms. The monoisotopic (exact) mass is 124 g/mol. The standard InChI is InChI=1S/C4H4N4O/c5-3(6)2-1-7-8-4(2)9/h1H,(H3,5,6). The van der Waals surface area contributed by atoms with Gasteiger partial charge in [0, 0.05) is 0 Å². The van der Waals surface area contributed by atoms with Gasteiger partial charge in [0.25, 0.3) is 0 Å². The van der Waals surface area contributed by atoms with Crippen molar-refractivity contribution in [1.82, 2.24) is 0 Å². The van der Waals surface area contributed by atoms with Crippen molar-refractivity contribution in [3.05, 3.63) is 11.8 Å². The summed E-state index contributed by atoms with van der Waals surface area (Å²) in [5, 5.41) is 13.2. The third-order valence-corrected chi connectivity index (χ3v) is 0.856. The molecule has 0 fully saturated rings. The van der Waals surface area contributed by atoms with E-state index in [4.69, 9.17) is 11.1 Å². The molecule has 0 radical (unpaired) electrons. The van der Waals surface area contributed by atoms with E-state index in [1.54, 1.807) is 0 Å². The molecule has 0 saturated carbocycles. The van der Waals surface area contributed by atoms with Crippen molar-refractivity contribution in [1.29, 1.82) is 5.41 Å². The van der Waals surface area contributed by atoms with E-state index in [0.717, 1.165) is 0 Å². The van der Waals surface area contributed by atoms with E-state index < -0.39 is 5.91 Å². The number of carbonyl (C=O) groups excluding carboxylic acids is 1. The molecule has 46 valence electrons. The first-order chi connectivity index (χ1) is 4.22. The highest BCUT2D eigenvalue weighted by Crippen LogP contribution is 2.04. The van der Waals surface area contributed by atoms with E-state index in [9.17, 15) is 4.79 Å². The van der Waals surface area contributed by atoms with Crippen molar-refractivity contribution in [2.75, 3.05) is 0 Å². The van der Waals surface area contributed by atoms with Gasteiger partial charge in [-0.15, -0.1) is 5.11 Å². The number of nitrogens with one attached hydrogen (secondary N) is 1. The average molecular weight is 124 g/mol. The first kappa shape index (κ1) is 5.61. The first-order valence-electron chi connectivity index (χ1n) is 2.21. The lowest BCUT2D eigenvalue weighted by Gasteiger charge is -1.88. The maximum atomic E-state index is 10.5. The average Bonchev–Trinajstić information content (AvgIpc) is 2.13. The van der Waals surface area contributed by atoms with Crippen LogP contribution in [0.4, 0.5) is 0 Å². The number of nitrogens with two attached hydrogens (primary N) is 1. The van der Waals surface area contributed by atoms with Gasteiger partial charge in [-0.2, -0.15) is 5.11 Å². The van der Waals surface area contributed by atoms with Gasteiger partial charge in [0.1, 0.15) is 11.4 Å². The zero-order chi connectivity index (χ0) is 6.85. The van der Waals surface area contributed by atoms with E-state index in [1.165, 1.54) is 6.20 Å². The zero-order valence-corrected chi connectivity index (χ0v) is 4.46. The van der Waals surface area contributed by atoms with E-state index in [0.29, 0.717) is 0 Å². The topological polar surface area (TPSA) is 91.7 Å². The molecule has 0 atom stereocenters. The smallest absolute Gasteiger partial charge is 0.300 e. The molecule has 1 aliphatic rings. The third kappa shape index (κ3) is 0.835. The van der Waals surface area contributed by atoms with Crippen LogP contribution in [0.1, 0.15) is 0 Å². The number of carbonyl (C=O) groups is 1. The second-order valence-electron chi connectivity index (χ2n) is 1.48. The molecule has 0 aromatic heterocycles.